The van der Waals surface area contributed by atoms with E-state index in [2.05, 4.69) is 21.8 Å². The van der Waals surface area contributed by atoms with Crippen LogP contribution in [0.15, 0.2) is 24.5 Å². The molecule has 150 valence electrons. The smallest absolute Gasteiger partial charge is 0.256 e. The number of nitrogens with zero attached hydrogens (tertiary/aromatic N) is 4. The first kappa shape index (κ1) is 19.9. The molecular weight excluding hydrogens is 356 g/mol. The molecule has 0 atom stereocenters. The van der Waals surface area contributed by atoms with Crippen LogP contribution < -0.4 is 14.4 Å². The Hall–Kier alpha value is -2.83. The number of amides is 1. The van der Waals surface area contributed by atoms with Gasteiger partial charge in [-0.15, -0.1) is 0 Å². The molecular formula is C21H28N4O3. The number of ether oxygens (including phenoxy) is 2. The third kappa shape index (κ3) is 4.18. The lowest BCUT2D eigenvalue weighted by molar-refractivity contribution is 0.0792. The number of hydrogen-bond acceptors (Lipinski definition) is 6. The minimum Gasteiger partial charge on any atom is -0.493 e. The lowest BCUT2D eigenvalue weighted by Gasteiger charge is -2.29. The van der Waals surface area contributed by atoms with Crippen LogP contribution in [0.25, 0.3) is 0 Å². The maximum Gasteiger partial charge on any atom is 0.256 e. The SMILES string of the molecule is CCCCN(C)C(=O)c1cnc(N2CCc3cc(OC)c(OC)cc3C2)nc1. The summed E-state index contributed by atoms with van der Waals surface area (Å²) in [4.78, 5) is 25.2. The van der Waals surface area contributed by atoms with E-state index in [4.69, 9.17) is 9.47 Å². The molecule has 2 heterocycles. The van der Waals surface area contributed by atoms with Crippen molar-refractivity contribution in [2.45, 2.75) is 32.7 Å². The van der Waals surface area contributed by atoms with E-state index in [1.807, 2.05) is 19.2 Å². The third-order valence-corrected chi connectivity index (χ3v) is 5.08. The van der Waals surface area contributed by atoms with Crippen molar-refractivity contribution in [2.75, 3.05) is 39.3 Å². The normalized spacial score (nSPS) is 13.1. The predicted molar refractivity (Wildman–Crippen MR) is 108 cm³/mol. The lowest BCUT2D eigenvalue weighted by atomic mass is 9.99. The fourth-order valence-electron chi connectivity index (χ4n) is 3.37. The van der Waals surface area contributed by atoms with Crippen LogP contribution in [0.2, 0.25) is 0 Å². The van der Waals surface area contributed by atoms with Gasteiger partial charge < -0.3 is 19.3 Å². The van der Waals surface area contributed by atoms with Gasteiger partial charge in [0.05, 0.1) is 19.8 Å². The van der Waals surface area contributed by atoms with Crippen LogP contribution in [-0.2, 0) is 13.0 Å². The van der Waals surface area contributed by atoms with Gasteiger partial charge >= 0.3 is 0 Å². The molecule has 0 aliphatic carbocycles. The number of carbonyl (C=O) groups excluding carboxylic acids is 1. The Morgan fingerprint density at radius 2 is 1.79 bits per heavy atom. The average Bonchev–Trinajstić information content (AvgIpc) is 2.75. The Labute approximate surface area is 166 Å². The molecule has 2 aromatic rings. The van der Waals surface area contributed by atoms with Gasteiger partial charge in [-0.25, -0.2) is 9.97 Å². The van der Waals surface area contributed by atoms with Gasteiger partial charge in [-0.1, -0.05) is 13.3 Å². The molecule has 0 N–H and O–H groups in total. The van der Waals surface area contributed by atoms with Crippen LogP contribution in [0.4, 0.5) is 5.95 Å². The minimum atomic E-state index is -0.0409. The maximum atomic E-state index is 12.4. The molecule has 0 spiro atoms. The van der Waals surface area contributed by atoms with Gasteiger partial charge in [0.15, 0.2) is 11.5 Å². The van der Waals surface area contributed by atoms with E-state index in [9.17, 15) is 4.79 Å². The van der Waals surface area contributed by atoms with Crippen LogP contribution >= 0.6 is 0 Å². The van der Waals surface area contributed by atoms with Crippen molar-refractivity contribution in [1.29, 1.82) is 0 Å². The highest BCUT2D eigenvalue weighted by atomic mass is 16.5. The first-order valence-electron chi connectivity index (χ1n) is 9.63. The molecule has 28 heavy (non-hydrogen) atoms. The molecule has 7 nitrogen and oxygen atoms in total. The van der Waals surface area contributed by atoms with Crippen LogP contribution in [0.3, 0.4) is 0 Å². The second kappa shape index (κ2) is 8.91. The van der Waals surface area contributed by atoms with Crippen LogP contribution in [0, 0.1) is 0 Å². The molecule has 0 fully saturated rings. The summed E-state index contributed by atoms with van der Waals surface area (Å²) in [5.41, 5.74) is 2.94. The number of rotatable bonds is 7. The van der Waals surface area contributed by atoms with Crippen molar-refractivity contribution < 1.29 is 14.3 Å². The highest BCUT2D eigenvalue weighted by Gasteiger charge is 2.22. The number of hydrogen-bond donors (Lipinski definition) is 0. The van der Waals surface area contributed by atoms with Gasteiger partial charge in [-0.3, -0.25) is 4.79 Å². The molecule has 1 aromatic carbocycles. The summed E-state index contributed by atoms with van der Waals surface area (Å²) in [5.74, 6) is 2.06. The van der Waals surface area contributed by atoms with Gasteiger partial charge in [0.1, 0.15) is 0 Å². The Morgan fingerprint density at radius 3 is 2.39 bits per heavy atom. The molecule has 0 radical (unpaired) electrons. The Kier molecular flexibility index (Phi) is 6.34. The van der Waals surface area contributed by atoms with Gasteiger partial charge in [-0.2, -0.15) is 0 Å². The van der Waals surface area contributed by atoms with Crippen molar-refractivity contribution in [3.63, 3.8) is 0 Å². The summed E-state index contributed by atoms with van der Waals surface area (Å²) in [7, 11) is 5.10. The van der Waals surface area contributed by atoms with Crippen LogP contribution in [0.1, 0.15) is 41.3 Å². The number of fused-ring (bicyclic) bond motifs is 1. The summed E-state index contributed by atoms with van der Waals surface area (Å²) in [5, 5.41) is 0. The molecule has 0 unspecified atom stereocenters. The van der Waals surface area contributed by atoms with Crippen molar-refractivity contribution in [3.05, 3.63) is 41.2 Å². The van der Waals surface area contributed by atoms with Crippen molar-refractivity contribution in [3.8, 4) is 11.5 Å². The average molecular weight is 384 g/mol. The molecule has 0 saturated carbocycles. The Bertz CT molecular complexity index is 823. The monoisotopic (exact) mass is 384 g/mol. The van der Waals surface area contributed by atoms with Crippen LogP contribution in [-0.4, -0.2) is 55.1 Å². The number of carbonyl (C=O) groups is 1. The maximum absolute atomic E-state index is 12.4. The zero-order valence-corrected chi connectivity index (χ0v) is 17.1. The summed E-state index contributed by atoms with van der Waals surface area (Å²) in [6, 6.07) is 4.06. The van der Waals surface area contributed by atoms with E-state index in [1.54, 1.807) is 31.5 Å². The topological polar surface area (TPSA) is 67.8 Å². The molecule has 1 amide bonds. The van der Waals surface area contributed by atoms with Crippen LogP contribution in [0.5, 0.6) is 11.5 Å². The molecule has 1 aromatic heterocycles. The first-order valence-corrected chi connectivity index (χ1v) is 9.63. The van der Waals surface area contributed by atoms with Gasteiger partial charge in [0, 0.05) is 39.1 Å². The number of methoxy groups -OCH3 is 2. The Balaban J connectivity index is 1.73. The van der Waals surface area contributed by atoms with E-state index < -0.39 is 0 Å². The summed E-state index contributed by atoms with van der Waals surface area (Å²) in [6.45, 7) is 4.36. The molecule has 3 rings (SSSR count). The first-order chi connectivity index (χ1) is 13.6. The summed E-state index contributed by atoms with van der Waals surface area (Å²) >= 11 is 0. The minimum absolute atomic E-state index is 0.0409. The lowest BCUT2D eigenvalue weighted by Crippen LogP contribution is -2.32. The van der Waals surface area contributed by atoms with Gasteiger partial charge in [-0.05, 0) is 36.1 Å². The van der Waals surface area contributed by atoms with Crippen molar-refractivity contribution >= 4 is 11.9 Å². The molecule has 0 bridgehead atoms. The van der Waals surface area contributed by atoms with Gasteiger partial charge in [0.2, 0.25) is 5.95 Å². The quantitative estimate of drug-likeness (QED) is 0.731. The van der Waals surface area contributed by atoms with Crippen molar-refractivity contribution in [1.82, 2.24) is 14.9 Å². The number of unbranched alkanes of at least 4 members (excludes halogenated alkanes) is 1. The standard InChI is InChI=1S/C21H28N4O3/c1-5-6-8-24(2)20(26)17-12-22-21(23-13-17)25-9-7-15-10-18(27-3)19(28-4)11-16(15)14-25/h10-13H,5-9,14H2,1-4H3. The van der Waals surface area contributed by atoms with E-state index >= 15 is 0 Å². The van der Waals surface area contributed by atoms with E-state index in [0.717, 1.165) is 43.9 Å². The fraction of sp³-hybridized carbons (Fsp3) is 0.476. The molecule has 1 aliphatic heterocycles. The third-order valence-electron chi connectivity index (χ3n) is 5.08. The molecule has 7 heteroatoms. The van der Waals surface area contributed by atoms with Crippen molar-refractivity contribution in [2.24, 2.45) is 0 Å². The zero-order valence-electron chi connectivity index (χ0n) is 17.1. The van der Waals surface area contributed by atoms with Gasteiger partial charge in [0.25, 0.3) is 5.91 Å². The number of anilines is 1. The Morgan fingerprint density at radius 1 is 1.14 bits per heavy atom. The summed E-state index contributed by atoms with van der Waals surface area (Å²) in [6.07, 6.45) is 6.16. The van der Waals surface area contributed by atoms with E-state index in [0.29, 0.717) is 18.1 Å². The number of benzene rings is 1. The van der Waals surface area contributed by atoms with E-state index in [1.165, 1.54) is 11.1 Å². The fourth-order valence-corrected chi connectivity index (χ4v) is 3.37. The largest absolute Gasteiger partial charge is 0.493 e. The summed E-state index contributed by atoms with van der Waals surface area (Å²) < 4.78 is 10.8. The second-order valence-corrected chi connectivity index (χ2v) is 7.00. The van der Waals surface area contributed by atoms with E-state index in [-0.39, 0.29) is 5.91 Å². The molecule has 0 saturated heterocycles. The second-order valence-electron chi connectivity index (χ2n) is 7.00. The number of aromatic nitrogens is 2. The zero-order chi connectivity index (χ0) is 20.1. The predicted octanol–water partition coefficient (Wildman–Crippen LogP) is 2.93. The molecule has 1 aliphatic rings. The highest BCUT2D eigenvalue weighted by Crippen LogP contribution is 2.33. The highest BCUT2D eigenvalue weighted by molar-refractivity contribution is 5.93.